The third-order valence-electron chi connectivity index (χ3n) is 4.52. The van der Waals surface area contributed by atoms with Gasteiger partial charge in [0.1, 0.15) is 12.0 Å². The molecule has 144 valence electrons. The Morgan fingerprint density at radius 3 is 2.45 bits per heavy atom. The topological polar surface area (TPSA) is 105 Å². The number of carbonyl (C=O) groups is 1. The summed E-state index contributed by atoms with van der Waals surface area (Å²) in [6, 6.07) is 23.2. The maximum absolute atomic E-state index is 12.7. The van der Waals surface area contributed by atoms with Crippen molar-refractivity contribution in [1.29, 1.82) is 0 Å². The Labute approximate surface area is 168 Å². The second kappa shape index (κ2) is 8.26. The predicted octanol–water partition coefficient (Wildman–Crippen LogP) is 3.58. The highest BCUT2D eigenvalue weighted by atomic mass is 16.2. The lowest BCUT2D eigenvalue weighted by Gasteiger charge is -2.14. The van der Waals surface area contributed by atoms with Crippen LogP contribution in [0.3, 0.4) is 0 Å². The van der Waals surface area contributed by atoms with Crippen molar-refractivity contribution in [2.45, 2.75) is 6.54 Å². The zero-order valence-electron chi connectivity index (χ0n) is 15.6. The van der Waals surface area contributed by atoms with Gasteiger partial charge in [-0.05, 0) is 22.4 Å². The maximum Gasteiger partial charge on any atom is 0.270 e. The lowest BCUT2D eigenvalue weighted by molar-refractivity contribution is 0.0964. The highest BCUT2D eigenvalue weighted by Gasteiger charge is 2.12. The summed E-state index contributed by atoms with van der Waals surface area (Å²) in [5, 5.41) is 5.05. The van der Waals surface area contributed by atoms with Gasteiger partial charge in [0.05, 0.1) is 0 Å². The molecule has 1 heterocycles. The summed E-state index contributed by atoms with van der Waals surface area (Å²) in [5.41, 5.74) is 13.6. The summed E-state index contributed by atoms with van der Waals surface area (Å²) < 4.78 is 0. The van der Waals surface area contributed by atoms with Crippen LogP contribution in [0.5, 0.6) is 0 Å². The van der Waals surface area contributed by atoms with E-state index in [2.05, 4.69) is 26.1 Å². The van der Waals surface area contributed by atoms with Crippen LogP contribution in [-0.2, 0) is 6.54 Å². The van der Waals surface area contributed by atoms with Crippen molar-refractivity contribution in [3.8, 4) is 0 Å². The van der Waals surface area contributed by atoms with Crippen LogP contribution >= 0.6 is 0 Å². The van der Waals surface area contributed by atoms with Crippen LogP contribution in [0, 0.1) is 0 Å². The number of benzene rings is 3. The number of hydrazine groups is 1. The summed E-state index contributed by atoms with van der Waals surface area (Å²) in [4.78, 5) is 21.0. The Bertz CT molecular complexity index is 1140. The van der Waals surface area contributed by atoms with Gasteiger partial charge < -0.3 is 11.1 Å². The number of fused-ring (bicyclic) bond motifs is 1. The number of anilines is 3. The molecule has 29 heavy (non-hydrogen) atoms. The molecule has 0 saturated heterocycles. The minimum Gasteiger partial charge on any atom is -0.393 e. The van der Waals surface area contributed by atoms with Gasteiger partial charge in [-0.3, -0.25) is 15.6 Å². The van der Waals surface area contributed by atoms with Gasteiger partial charge in [0, 0.05) is 12.1 Å². The van der Waals surface area contributed by atoms with Gasteiger partial charge in [-0.2, -0.15) is 0 Å². The van der Waals surface area contributed by atoms with Crippen molar-refractivity contribution in [1.82, 2.24) is 15.4 Å². The van der Waals surface area contributed by atoms with Gasteiger partial charge in [-0.25, -0.2) is 9.97 Å². The van der Waals surface area contributed by atoms with E-state index in [1.165, 1.54) is 6.33 Å². The molecule has 0 bridgehead atoms. The van der Waals surface area contributed by atoms with Crippen molar-refractivity contribution in [3.63, 3.8) is 0 Å². The van der Waals surface area contributed by atoms with Crippen molar-refractivity contribution < 1.29 is 4.79 Å². The summed E-state index contributed by atoms with van der Waals surface area (Å²) in [6.45, 7) is 0.573. The Kier molecular flexibility index (Phi) is 5.20. The molecule has 1 aromatic heterocycles. The predicted molar refractivity (Wildman–Crippen MR) is 115 cm³/mol. The standard InChI is InChI=1S/C22H20N6O/c23-19-20(24-13-15-7-2-1-3-8-15)25-14-26-21(19)27-28-22(29)18-12-6-10-16-9-4-5-11-17(16)18/h1-12,14H,13,23H2,(H,28,29)(H2,24,25,26,27). The summed E-state index contributed by atoms with van der Waals surface area (Å²) >= 11 is 0. The third-order valence-corrected chi connectivity index (χ3v) is 4.52. The number of amides is 1. The van der Waals surface area contributed by atoms with Gasteiger partial charge in [0.25, 0.3) is 5.91 Å². The van der Waals surface area contributed by atoms with E-state index in [4.69, 9.17) is 5.73 Å². The van der Waals surface area contributed by atoms with E-state index in [1.54, 1.807) is 6.07 Å². The number of rotatable bonds is 6. The van der Waals surface area contributed by atoms with E-state index in [1.807, 2.05) is 66.7 Å². The molecule has 0 atom stereocenters. The van der Waals surface area contributed by atoms with Gasteiger partial charge in [0.15, 0.2) is 11.6 Å². The molecule has 0 aliphatic heterocycles. The monoisotopic (exact) mass is 384 g/mol. The van der Waals surface area contributed by atoms with Crippen LogP contribution in [-0.4, -0.2) is 15.9 Å². The third kappa shape index (κ3) is 4.08. The lowest BCUT2D eigenvalue weighted by atomic mass is 10.0. The molecule has 4 rings (SSSR count). The molecular weight excluding hydrogens is 364 g/mol. The largest absolute Gasteiger partial charge is 0.393 e. The first-order chi connectivity index (χ1) is 14.2. The first kappa shape index (κ1) is 18.2. The number of nitrogens with two attached hydrogens (primary N) is 1. The van der Waals surface area contributed by atoms with E-state index < -0.39 is 0 Å². The molecule has 0 aliphatic rings. The number of nitrogen functional groups attached to an aromatic ring is 1. The summed E-state index contributed by atoms with van der Waals surface area (Å²) in [7, 11) is 0. The highest BCUT2D eigenvalue weighted by Crippen LogP contribution is 2.23. The molecular formula is C22H20N6O. The zero-order chi connectivity index (χ0) is 20.1. The Morgan fingerprint density at radius 1 is 0.862 bits per heavy atom. The second-order valence-corrected chi connectivity index (χ2v) is 6.43. The van der Waals surface area contributed by atoms with Crippen molar-refractivity contribution in [2.75, 3.05) is 16.5 Å². The molecule has 0 radical (unpaired) electrons. The smallest absolute Gasteiger partial charge is 0.270 e. The fourth-order valence-corrected chi connectivity index (χ4v) is 3.02. The highest BCUT2D eigenvalue weighted by molar-refractivity contribution is 6.07. The second-order valence-electron chi connectivity index (χ2n) is 6.43. The first-order valence-electron chi connectivity index (χ1n) is 9.15. The van der Waals surface area contributed by atoms with Gasteiger partial charge >= 0.3 is 0 Å². The number of hydrogen-bond donors (Lipinski definition) is 4. The molecule has 7 nitrogen and oxygen atoms in total. The average molecular weight is 384 g/mol. The van der Waals surface area contributed by atoms with Crippen LogP contribution in [0.2, 0.25) is 0 Å². The van der Waals surface area contributed by atoms with Gasteiger partial charge in [0.2, 0.25) is 0 Å². The zero-order valence-corrected chi connectivity index (χ0v) is 15.6. The van der Waals surface area contributed by atoms with E-state index in [0.717, 1.165) is 16.3 Å². The molecule has 7 heteroatoms. The van der Waals surface area contributed by atoms with Gasteiger partial charge in [-0.1, -0.05) is 66.7 Å². The van der Waals surface area contributed by atoms with E-state index in [-0.39, 0.29) is 5.91 Å². The Hall–Kier alpha value is -4.13. The minimum absolute atomic E-state index is 0.279. The fraction of sp³-hybridized carbons (Fsp3) is 0.0455. The average Bonchev–Trinajstić information content (AvgIpc) is 2.77. The van der Waals surface area contributed by atoms with E-state index >= 15 is 0 Å². The normalized spacial score (nSPS) is 10.5. The Balaban J connectivity index is 1.46. The van der Waals surface area contributed by atoms with Crippen LogP contribution < -0.4 is 21.9 Å². The molecule has 0 aliphatic carbocycles. The van der Waals surface area contributed by atoms with E-state index in [9.17, 15) is 4.79 Å². The van der Waals surface area contributed by atoms with Crippen LogP contribution in [0.1, 0.15) is 15.9 Å². The van der Waals surface area contributed by atoms with Crippen LogP contribution in [0.4, 0.5) is 17.3 Å². The van der Waals surface area contributed by atoms with Crippen molar-refractivity contribution in [2.24, 2.45) is 0 Å². The number of nitrogens with one attached hydrogen (secondary N) is 3. The molecule has 4 aromatic rings. The summed E-state index contributed by atoms with van der Waals surface area (Å²) in [5.74, 6) is 0.536. The molecule has 3 aromatic carbocycles. The van der Waals surface area contributed by atoms with Crippen molar-refractivity contribution >= 4 is 34.0 Å². The Morgan fingerprint density at radius 2 is 1.59 bits per heavy atom. The number of aromatic nitrogens is 2. The quantitative estimate of drug-likeness (QED) is 0.379. The first-order valence-corrected chi connectivity index (χ1v) is 9.15. The van der Waals surface area contributed by atoms with Crippen LogP contribution in [0.15, 0.2) is 79.1 Å². The minimum atomic E-state index is -0.279. The number of nitrogens with zero attached hydrogens (tertiary/aromatic N) is 2. The van der Waals surface area contributed by atoms with Crippen molar-refractivity contribution in [3.05, 3.63) is 90.3 Å². The molecule has 1 amide bonds. The fourth-order valence-electron chi connectivity index (χ4n) is 3.02. The molecule has 5 N–H and O–H groups in total. The summed E-state index contributed by atoms with van der Waals surface area (Å²) in [6.07, 6.45) is 1.39. The molecule has 0 spiro atoms. The van der Waals surface area contributed by atoms with Crippen LogP contribution in [0.25, 0.3) is 10.8 Å². The lowest BCUT2D eigenvalue weighted by Crippen LogP contribution is -2.30. The van der Waals surface area contributed by atoms with E-state index in [0.29, 0.717) is 29.4 Å². The SMILES string of the molecule is Nc1c(NCc2ccccc2)ncnc1NNC(=O)c1cccc2ccccc12. The number of carbonyl (C=O) groups excluding carboxylic acids is 1. The number of hydrogen-bond acceptors (Lipinski definition) is 6. The molecule has 0 fully saturated rings. The maximum atomic E-state index is 12.7. The molecule has 0 saturated carbocycles. The molecule has 0 unspecified atom stereocenters. The van der Waals surface area contributed by atoms with Gasteiger partial charge in [-0.15, -0.1) is 0 Å².